The lowest BCUT2D eigenvalue weighted by Gasteiger charge is -2.35. The van der Waals surface area contributed by atoms with E-state index < -0.39 is 22.7 Å². The van der Waals surface area contributed by atoms with Crippen LogP contribution in [0.15, 0.2) is 0 Å². The monoisotopic (exact) mass is 189 g/mol. The van der Waals surface area contributed by atoms with E-state index in [9.17, 15) is 9.59 Å². The van der Waals surface area contributed by atoms with Gasteiger partial charge in [-0.2, -0.15) is 0 Å². The van der Waals surface area contributed by atoms with Gasteiger partial charge in [0, 0.05) is 0 Å². The van der Waals surface area contributed by atoms with Crippen LogP contribution in [0, 0.1) is 10.8 Å². The number of carboxylic acid groups (broad SMARTS) is 1. The Morgan fingerprint density at radius 2 is 1.46 bits per heavy atom. The number of carbonyl (C=O) groups is 2. The topological polar surface area (TPSA) is 86.6 Å². The Morgan fingerprint density at radius 3 is 1.69 bits per heavy atom. The van der Waals surface area contributed by atoms with Crippen molar-refractivity contribution in [1.29, 1.82) is 0 Å². The van der Waals surface area contributed by atoms with Crippen molar-refractivity contribution in [3.05, 3.63) is 0 Å². The Balaban J connectivity index is 5.02. The molecule has 0 aliphatic carbocycles. The van der Waals surface area contributed by atoms with Gasteiger partial charge in [0.15, 0.2) is 0 Å². The average Bonchev–Trinajstić information content (AvgIpc) is 2.02. The normalized spacial score (nSPS) is 12.4. The first-order valence-corrected chi connectivity index (χ1v) is 3.86. The predicted octanol–water partition coefficient (Wildman–Crippen LogP) is 0.629. The van der Waals surface area contributed by atoms with Gasteiger partial charge in [0.1, 0.15) is 0 Å². The van der Waals surface area contributed by atoms with Crippen LogP contribution in [0.5, 0.6) is 0 Å². The zero-order chi connectivity index (χ0) is 10.9. The van der Waals surface area contributed by atoms with Gasteiger partial charge in [-0.25, -0.2) is 5.48 Å². The Hall–Kier alpha value is -1.10. The van der Waals surface area contributed by atoms with Crippen LogP contribution < -0.4 is 5.48 Å². The molecule has 0 bridgehead atoms. The minimum absolute atomic E-state index is 0.708. The van der Waals surface area contributed by atoms with Crippen LogP contribution in [0.2, 0.25) is 0 Å². The van der Waals surface area contributed by atoms with Gasteiger partial charge in [0.05, 0.1) is 10.8 Å². The van der Waals surface area contributed by atoms with Crippen molar-refractivity contribution in [1.82, 2.24) is 5.48 Å². The van der Waals surface area contributed by atoms with E-state index in [1.165, 1.54) is 33.2 Å². The lowest BCUT2D eigenvalue weighted by Crippen LogP contribution is -2.49. The van der Waals surface area contributed by atoms with E-state index in [1.807, 2.05) is 0 Å². The third-order valence-corrected chi connectivity index (χ3v) is 2.77. The largest absolute Gasteiger partial charge is 0.481 e. The van der Waals surface area contributed by atoms with Crippen LogP contribution >= 0.6 is 0 Å². The number of amides is 1. The zero-order valence-corrected chi connectivity index (χ0v) is 8.21. The zero-order valence-electron chi connectivity index (χ0n) is 8.21. The number of aliphatic carboxylic acids is 1. The Morgan fingerprint density at radius 1 is 1.08 bits per heavy atom. The molecule has 0 aromatic rings. The summed E-state index contributed by atoms with van der Waals surface area (Å²) in [5, 5.41) is 17.3. The fourth-order valence-electron chi connectivity index (χ4n) is 0.691. The highest BCUT2D eigenvalue weighted by atomic mass is 16.5. The van der Waals surface area contributed by atoms with Crippen LogP contribution in [0.1, 0.15) is 27.7 Å². The highest BCUT2D eigenvalue weighted by molar-refractivity contribution is 5.88. The molecule has 0 rings (SSSR count). The first-order valence-electron chi connectivity index (χ1n) is 3.86. The minimum Gasteiger partial charge on any atom is -0.481 e. The second-order valence-electron chi connectivity index (χ2n) is 4.00. The molecule has 0 fully saturated rings. The molecule has 3 N–H and O–H groups in total. The van der Waals surface area contributed by atoms with Crippen LogP contribution in [0.25, 0.3) is 0 Å². The van der Waals surface area contributed by atoms with E-state index in [4.69, 9.17) is 10.3 Å². The highest BCUT2D eigenvalue weighted by Crippen LogP contribution is 2.38. The molecular formula is C8H15NO4. The summed E-state index contributed by atoms with van der Waals surface area (Å²) < 4.78 is 0. The van der Waals surface area contributed by atoms with Crippen molar-refractivity contribution in [3.8, 4) is 0 Å². The summed E-state index contributed by atoms with van der Waals surface area (Å²) in [7, 11) is 0. The molecule has 76 valence electrons. The van der Waals surface area contributed by atoms with Crippen LogP contribution in [0.3, 0.4) is 0 Å². The number of hydroxylamine groups is 1. The molecule has 13 heavy (non-hydrogen) atoms. The molecule has 0 radical (unpaired) electrons. The number of nitrogens with one attached hydrogen (secondary N) is 1. The average molecular weight is 189 g/mol. The van der Waals surface area contributed by atoms with E-state index in [-0.39, 0.29) is 0 Å². The minimum atomic E-state index is -1.24. The summed E-state index contributed by atoms with van der Waals surface area (Å²) in [5.74, 6) is -1.79. The summed E-state index contributed by atoms with van der Waals surface area (Å²) >= 11 is 0. The molecule has 5 nitrogen and oxygen atoms in total. The molecule has 0 saturated carbocycles. The summed E-state index contributed by atoms with van der Waals surface area (Å²) in [6.07, 6.45) is 0. The lowest BCUT2D eigenvalue weighted by atomic mass is 9.67. The van der Waals surface area contributed by atoms with Gasteiger partial charge in [-0.15, -0.1) is 0 Å². The van der Waals surface area contributed by atoms with Crippen LogP contribution in [-0.2, 0) is 9.59 Å². The molecular weight excluding hydrogens is 174 g/mol. The first-order chi connectivity index (χ1) is 5.67. The summed E-state index contributed by atoms with van der Waals surface area (Å²) in [6.45, 7) is 5.80. The van der Waals surface area contributed by atoms with E-state index in [0.29, 0.717) is 0 Å². The van der Waals surface area contributed by atoms with Gasteiger partial charge in [-0.1, -0.05) is 0 Å². The SMILES string of the molecule is CC(C)(C(=O)O)C(C)(C)C(=O)NO. The third-order valence-electron chi connectivity index (χ3n) is 2.77. The molecule has 0 atom stereocenters. The molecule has 0 unspecified atom stereocenters. The third kappa shape index (κ3) is 1.80. The molecule has 0 spiro atoms. The molecule has 1 amide bonds. The van der Waals surface area contributed by atoms with Gasteiger partial charge >= 0.3 is 5.97 Å². The van der Waals surface area contributed by atoms with Crippen molar-refractivity contribution >= 4 is 11.9 Å². The Kier molecular flexibility index (Phi) is 3.05. The van der Waals surface area contributed by atoms with Gasteiger partial charge in [0.2, 0.25) is 5.91 Å². The molecule has 0 heterocycles. The Labute approximate surface area is 76.7 Å². The highest BCUT2D eigenvalue weighted by Gasteiger charge is 2.48. The quantitative estimate of drug-likeness (QED) is 0.449. The van der Waals surface area contributed by atoms with Crippen molar-refractivity contribution in [3.63, 3.8) is 0 Å². The smallest absolute Gasteiger partial charge is 0.310 e. The number of hydrogen-bond acceptors (Lipinski definition) is 3. The van der Waals surface area contributed by atoms with Gasteiger partial charge in [0.25, 0.3) is 0 Å². The van der Waals surface area contributed by atoms with E-state index in [1.54, 1.807) is 0 Å². The van der Waals surface area contributed by atoms with Crippen molar-refractivity contribution < 1.29 is 19.9 Å². The first kappa shape index (κ1) is 11.9. The second-order valence-corrected chi connectivity index (χ2v) is 4.00. The standard InChI is InChI=1S/C8H15NO4/c1-7(2,5(10)9-13)8(3,4)6(11)12/h13H,1-4H3,(H,9,10)(H,11,12). The molecule has 0 aromatic heterocycles. The number of hydrogen-bond donors (Lipinski definition) is 3. The van der Waals surface area contributed by atoms with Crippen LogP contribution in [-0.4, -0.2) is 22.2 Å². The summed E-state index contributed by atoms with van der Waals surface area (Å²) in [4.78, 5) is 22.0. The van der Waals surface area contributed by atoms with E-state index in [2.05, 4.69) is 0 Å². The van der Waals surface area contributed by atoms with Gasteiger partial charge in [-0.3, -0.25) is 14.8 Å². The maximum absolute atomic E-state index is 11.2. The molecule has 0 aliphatic rings. The summed E-state index contributed by atoms with van der Waals surface area (Å²) in [5.41, 5.74) is -0.945. The number of carbonyl (C=O) groups excluding carboxylic acids is 1. The molecule has 5 heteroatoms. The fraction of sp³-hybridized carbons (Fsp3) is 0.750. The van der Waals surface area contributed by atoms with Crippen LogP contribution in [0.4, 0.5) is 0 Å². The Bertz CT molecular complexity index is 232. The van der Waals surface area contributed by atoms with Gasteiger partial charge in [-0.05, 0) is 27.7 Å². The van der Waals surface area contributed by atoms with E-state index >= 15 is 0 Å². The van der Waals surface area contributed by atoms with E-state index in [0.717, 1.165) is 0 Å². The molecule has 0 saturated heterocycles. The number of carboxylic acids is 1. The maximum Gasteiger partial charge on any atom is 0.310 e. The second kappa shape index (κ2) is 3.33. The lowest BCUT2D eigenvalue weighted by molar-refractivity contribution is -0.162. The van der Waals surface area contributed by atoms with Crippen molar-refractivity contribution in [2.75, 3.05) is 0 Å². The predicted molar refractivity (Wildman–Crippen MR) is 45.1 cm³/mol. The summed E-state index contributed by atoms with van der Waals surface area (Å²) in [6, 6.07) is 0. The van der Waals surface area contributed by atoms with Gasteiger partial charge < -0.3 is 5.11 Å². The maximum atomic E-state index is 11.2. The molecule has 0 aliphatic heterocycles. The fourth-order valence-corrected chi connectivity index (χ4v) is 0.691. The van der Waals surface area contributed by atoms with Crippen molar-refractivity contribution in [2.45, 2.75) is 27.7 Å². The molecule has 0 aromatic carbocycles. The van der Waals surface area contributed by atoms with Crippen molar-refractivity contribution in [2.24, 2.45) is 10.8 Å². The number of rotatable bonds is 3.